The Balaban J connectivity index is 3.06. The van der Waals surface area contributed by atoms with Gasteiger partial charge in [-0.05, 0) is 47.6 Å². The zero-order valence-corrected chi connectivity index (χ0v) is 10.6. The highest BCUT2D eigenvalue weighted by Gasteiger charge is 2.10. The van der Waals surface area contributed by atoms with Gasteiger partial charge in [0, 0.05) is 4.47 Å². The van der Waals surface area contributed by atoms with Gasteiger partial charge in [0.15, 0.2) is 0 Å². The van der Waals surface area contributed by atoms with Crippen molar-refractivity contribution in [3.63, 3.8) is 0 Å². The van der Waals surface area contributed by atoms with Crippen LogP contribution in [-0.4, -0.2) is 7.05 Å². The van der Waals surface area contributed by atoms with E-state index in [-0.39, 0.29) is 6.04 Å². The lowest BCUT2D eigenvalue weighted by Crippen LogP contribution is -2.16. The van der Waals surface area contributed by atoms with Crippen LogP contribution in [0.3, 0.4) is 0 Å². The van der Waals surface area contributed by atoms with Crippen LogP contribution in [0.2, 0.25) is 5.02 Å². The summed E-state index contributed by atoms with van der Waals surface area (Å²) in [4.78, 5) is 0. The Bertz CT molecular complexity index is 349. The summed E-state index contributed by atoms with van der Waals surface area (Å²) in [6.45, 7) is 5.95. The molecule has 0 bridgehead atoms. The van der Waals surface area contributed by atoms with Gasteiger partial charge in [0.2, 0.25) is 0 Å². The summed E-state index contributed by atoms with van der Waals surface area (Å²) in [5.74, 6) is 0. The van der Waals surface area contributed by atoms with E-state index >= 15 is 0 Å². The molecule has 1 rings (SSSR count). The molecule has 1 atom stereocenters. The van der Waals surface area contributed by atoms with Crippen molar-refractivity contribution in [3.05, 3.63) is 45.4 Å². The van der Waals surface area contributed by atoms with E-state index in [1.807, 2.05) is 32.2 Å². The van der Waals surface area contributed by atoms with Crippen molar-refractivity contribution in [1.82, 2.24) is 5.32 Å². The Morgan fingerprint density at radius 2 is 2.21 bits per heavy atom. The molecule has 0 aliphatic rings. The molecule has 14 heavy (non-hydrogen) atoms. The van der Waals surface area contributed by atoms with E-state index in [4.69, 9.17) is 11.6 Å². The van der Waals surface area contributed by atoms with Gasteiger partial charge >= 0.3 is 0 Å². The van der Waals surface area contributed by atoms with Crippen LogP contribution in [0, 0.1) is 0 Å². The fourth-order valence-electron chi connectivity index (χ4n) is 1.39. The molecule has 76 valence electrons. The van der Waals surface area contributed by atoms with Crippen LogP contribution in [0.15, 0.2) is 34.8 Å². The van der Waals surface area contributed by atoms with Gasteiger partial charge in [-0.25, -0.2) is 0 Å². The topological polar surface area (TPSA) is 12.0 Å². The molecule has 0 spiro atoms. The van der Waals surface area contributed by atoms with E-state index < -0.39 is 0 Å². The number of hydrogen-bond donors (Lipinski definition) is 1. The molecule has 1 nitrogen and oxygen atoms in total. The standard InChI is InChI=1S/C11H13BrClN/c1-7(2)11(14-3)8-4-5-10(13)9(12)6-8/h4-6,11,14H,1H2,2-3H3. The molecule has 3 heteroatoms. The van der Waals surface area contributed by atoms with E-state index in [2.05, 4.69) is 27.8 Å². The van der Waals surface area contributed by atoms with E-state index in [1.165, 1.54) is 0 Å². The van der Waals surface area contributed by atoms with Crippen LogP contribution >= 0.6 is 27.5 Å². The molecule has 0 amide bonds. The van der Waals surface area contributed by atoms with Crippen LogP contribution < -0.4 is 5.32 Å². The molecule has 0 saturated carbocycles. The second kappa shape index (κ2) is 4.96. The molecule has 0 aromatic heterocycles. The maximum atomic E-state index is 5.92. The highest BCUT2D eigenvalue weighted by Crippen LogP contribution is 2.28. The van der Waals surface area contributed by atoms with E-state index in [0.29, 0.717) is 0 Å². The smallest absolute Gasteiger partial charge is 0.0548 e. The first-order valence-electron chi connectivity index (χ1n) is 4.34. The molecule has 0 radical (unpaired) electrons. The van der Waals surface area contributed by atoms with Crippen LogP contribution in [0.4, 0.5) is 0 Å². The van der Waals surface area contributed by atoms with Crippen molar-refractivity contribution in [1.29, 1.82) is 0 Å². The Labute approximate surface area is 98.3 Å². The fraction of sp³-hybridized carbons (Fsp3) is 0.273. The number of hydrogen-bond acceptors (Lipinski definition) is 1. The molecular weight excluding hydrogens is 261 g/mol. The summed E-state index contributed by atoms with van der Waals surface area (Å²) in [6.07, 6.45) is 0. The highest BCUT2D eigenvalue weighted by molar-refractivity contribution is 9.10. The first-order valence-corrected chi connectivity index (χ1v) is 5.51. The van der Waals surface area contributed by atoms with Crippen LogP contribution in [-0.2, 0) is 0 Å². The van der Waals surface area contributed by atoms with Gasteiger partial charge in [-0.2, -0.15) is 0 Å². The lowest BCUT2D eigenvalue weighted by atomic mass is 10.0. The first-order chi connectivity index (χ1) is 6.56. The minimum absolute atomic E-state index is 0.184. The van der Waals surface area contributed by atoms with Crippen molar-refractivity contribution in [2.45, 2.75) is 13.0 Å². The zero-order valence-electron chi connectivity index (χ0n) is 8.27. The van der Waals surface area contributed by atoms with Crippen molar-refractivity contribution < 1.29 is 0 Å². The number of nitrogens with one attached hydrogen (secondary N) is 1. The minimum Gasteiger partial charge on any atom is -0.310 e. The van der Waals surface area contributed by atoms with Crippen molar-refractivity contribution in [3.8, 4) is 0 Å². The average molecular weight is 275 g/mol. The summed E-state index contributed by atoms with van der Waals surface area (Å²) >= 11 is 9.32. The summed E-state index contributed by atoms with van der Waals surface area (Å²) in [5, 5.41) is 3.93. The second-order valence-corrected chi connectivity index (χ2v) is 4.50. The van der Waals surface area contributed by atoms with Crippen molar-refractivity contribution >= 4 is 27.5 Å². The second-order valence-electron chi connectivity index (χ2n) is 3.24. The Morgan fingerprint density at radius 3 is 2.64 bits per heavy atom. The number of benzene rings is 1. The molecule has 0 saturated heterocycles. The maximum Gasteiger partial charge on any atom is 0.0548 e. The molecule has 1 aromatic rings. The molecule has 0 aliphatic carbocycles. The van der Waals surface area contributed by atoms with Crippen LogP contribution in [0.25, 0.3) is 0 Å². The lowest BCUT2D eigenvalue weighted by molar-refractivity contribution is 0.679. The fourth-order valence-corrected chi connectivity index (χ4v) is 1.90. The minimum atomic E-state index is 0.184. The first kappa shape index (κ1) is 11.8. The molecular formula is C11H13BrClN. The van der Waals surface area contributed by atoms with E-state index in [0.717, 1.165) is 20.6 Å². The van der Waals surface area contributed by atoms with Crippen LogP contribution in [0.1, 0.15) is 18.5 Å². The molecule has 1 unspecified atom stereocenters. The molecule has 1 aromatic carbocycles. The summed E-state index contributed by atoms with van der Waals surface area (Å²) in [6, 6.07) is 6.08. The third-order valence-electron chi connectivity index (χ3n) is 2.06. The van der Waals surface area contributed by atoms with Crippen molar-refractivity contribution in [2.75, 3.05) is 7.05 Å². The van der Waals surface area contributed by atoms with Gasteiger partial charge in [0.25, 0.3) is 0 Å². The Kier molecular flexibility index (Phi) is 4.17. The van der Waals surface area contributed by atoms with E-state index in [1.54, 1.807) is 0 Å². The van der Waals surface area contributed by atoms with Gasteiger partial charge in [-0.15, -0.1) is 0 Å². The SMILES string of the molecule is C=C(C)C(NC)c1ccc(Cl)c(Br)c1. The number of likely N-dealkylation sites (N-methyl/N-ethyl adjacent to an activating group) is 1. The summed E-state index contributed by atoms with van der Waals surface area (Å²) < 4.78 is 0.915. The van der Waals surface area contributed by atoms with Gasteiger partial charge in [-0.1, -0.05) is 29.8 Å². The third kappa shape index (κ3) is 2.59. The highest BCUT2D eigenvalue weighted by atomic mass is 79.9. The third-order valence-corrected chi connectivity index (χ3v) is 3.27. The molecule has 0 fully saturated rings. The average Bonchev–Trinajstić information content (AvgIpc) is 2.11. The quantitative estimate of drug-likeness (QED) is 0.823. The van der Waals surface area contributed by atoms with Gasteiger partial charge < -0.3 is 5.32 Å². The summed E-state index contributed by atoms with van der Waals surface area (Å²) in [5.41, 5.74) is 2.25. The number of halogens is 2. The molecule has 0 heterocycles. The zero-order chi connectivity index (χ0) is 10.7. The predicted octanol–water partition coefficient (Wildman–Crippen LogP) is 3.94. The largest absolute Gasteiger partial charge is 0.310 e. The molecule has 1 N–H and O–H groups in total. The van der Waals surface area contributed by atoms with E-state index in [9.17, 15) is 0 Å². The van der Waals surface area contributed by atoms with Gasteiger partial charge in [0.1, 0.15) is 0 Å². The maximum absolute atomic E-state index is 5.92. The number of rotatable bonds is 3. The lowest BCUT2D eigenvalue weighted by Gasteiger charge is -2.17. The van der Waals surface area contributed by atoms with Crippen molar-refractivity contribution in [2.24, 2.45) is 0 Å². The molecule has 0 aliphatic heterocycles. The Hall–Kier alpha value is -0.310. The predicted molar refractivity (Wildman–Crippen MR) is 65.8 cm³/mol. The van der Waals surface area contributed by atoms with Crippen LogP contribution in [0.5, 0.6) is 0 Å². The monoisotopic (exact) mass is 273 g/mol. The normalized spacial score (nSPS) is 12.6. The van der Waals surface area contributed by atoms with Gasteiger partial charge in [0.05, 0.1) is 11.1 Å². The Morgan fingerprint density at radius 1 is 1.57 bits per heavy atom. The summed E-state index contributed by atoms with van der Waals surface area (Å²) in [7, 11) is 1.92. The van der Waals surface area contributed by atoms with Gasteiger partial charge in [-0.3, -0.25) is 0 Å².